The van der Waals surface area contributed by atoms with Crippen molar-refractivity contribution >= 4 is 17.6 Å². The number of amides is 1. The molecular weight excluding hydrogens is 292 g/mol. The topological polar surface area (TPSA) is 119 Å². The molecular formula is C14H18N2O6. The number of carboxylic acid groups (broad SMARTS) is 1. The first-order chi connectivity index (χ1) is 10.4. The maximum atomic E-state index is 12.2. The Morgan fingerprint density at radius 1 is 1.45 bits per heavy atom. The van der Waals surface area contributed by atoms with Crippen LogP contribution in [0.2, 0.25) is 0 Å². The molecule has 8 heteroatoms. The molecule has 0 heterocycles. The molecule has 1 atom stereocenters. The number of hydrogen-bond acceptors (Lipinski definition) is 5. The van der Waals surface area contributed by atoms with Gasteiger partial charge in [-0.15, -0.1) is 0 Å². The zero-order chi connectivity index (χ0) is 16.7. The van der Waals surface area contributed by atoms with Gasteiger partial charge in [-0.3, -0.25) is 14.9 Å². The molecule has 120 valence electrons. The Balaban J connectivity index is 3.04. The number of benzene rings is 1. The summed E-state index contributed by atoms with van der Waals surface area (Å²) in [7, 11) is 1.37. The van der Waals surface area contributed by atoms with E-state index in [0.717, 1.165) is 12.5 Å². The number of aliphatic carboxylic acids is 1. The van der Waals surface area contributed by atoms with Crippen LogP contribution in [0.4, 0.5) is 5.69 Å². The summed E-state index contributed by atoms with van der Waals surface area (Å²) in [4.78, 5) is 33.6. The van der Waals surface area contributed by atoms with E-state index in [4.69, 9.17) is 9.84 Å². The Morgan fingerprint density at radius 3 is 2.64 bits per heavy atom. The molecule has 0 aliphatic rings. The van der Waals surface area contributed by atoms with Gasteiger partial charge in [0.1, 0.15) is 17.4 Å². The lowest BCUT2D eigenvalue weighted by molar-refractivity contribution is -0.385. The van der Waals surface area contributed by atoms with E-state index in [-0.39, 0.29) is 17.7 Å². The minimum atomic E-state index is -1.17. The van der Waals surface area contributed by atoms with Gasteiger partial charge in [0.2, 0.25) is 0 Å². The van der Waals surface area contributed by atoms with Crippen LogP contribution in [0.25, 0.3) is 0 Å². The van der Waals surface area contributed by atoms with Crippen molar-refractivity contribution in [3.8, 4) is 5.75 Å². The molecule has 0 radical (unpaired) electrons. The van der Waals surface area contributed by atoms with Gasteiger partial charge in [-0.05, 0) is 18.6 Å². The molecule has 22 heavy (non-hydrogen) atoms. The monoisotopic (exact) mass is 310 g/mol. The van der Waals surface area contributed by atoms with E-state index in [9.17, 15) is 19.7 Å². The lowest BCUT2D eigenvalue weighted by Crippen LogP contribution is -2.40. The van der Waals surface area contributed by atoms with Gasteiger partial charge in [-0.25, -0.2) is 4.79 Å². The summed E-state index contributed by atoms with van der Waals surface area (Å²) in [5.74, 6) is -1.71. The highest BCUT2D eigenvalue weighted by Gasteiger charge is 2.25. The van der Waals surface area contributed by atoms with Crippen molar-refractivity contribution in [2.75, 3.05) is 7.11 Å². The van der Waals surface area contributed by atoms with Crippen LogP contribution in [0, 0.1) is 10.1 Å². The molecule has 0 spiro atoms. The smallest absolute Gasteiger partial charge is 0.326 e. The van der Waals surface area contributed by atoms with Gasteiger partial charge >= 0.3 is 5.97 Å². The molecule has 0 saturated heterocycles. The normalized spacial score (nSPS) is 11.5. The summed E-state index contributed by atoms with van der Waals surface area (Å²) in [5, 5.41) is 22.4. The summed E-state index contributed by atoms with van der Waals surface area (Å²) in [6, 6.07) is 2.64. The second-order valence-corrected chi connectivity index (χ2v) is 4.65. The fourth-order valence-corrected chi connectivity index (χ4v) is 1.88. The van der Waals surface area contributed by atoms with Crippen LogP contribution in [0.15, 0.2) is 18.2 Å². The predicted molar refractivity (Wildman–Crippen MR) is 78.1 cm³/mol. The van der Waals surface area contributed by atoms with E-state index in [2.05, 4.69) is 5.32 Å². The number of nitro groups is 1. The Bertz CT molecular complexity index is 572. The summed E-state index contributed by atoms with van der Waals surface area (Å²) in [5.41, 5.74) is -0.634. The maximum absolute atomic E-state index is 12.2. The molecule has 1 unspecified atom stereocenters. The number of nitrogens with zero attached hydrogens (tertiary/aromatic N) is 1. The number of nitrogens with one attached hydrogen (secondary N) is 1. The molecule has 1 rings (SSSR count). The van der Waals surface area contributed by atoms with Crippen molar-refractivity contribution < 1.29 is 24.4 Å². The van der Waals surface area contributed by atoms with Gasteiger partial charge in [0, 0.05) is 6.07 Å². The van der Waals surface area contributed by atoms with E-state index in [1.54, 1.807) is 0 Å². The molecule has 2 N–H and O–H groups in total. The third-order valence-electron chi connectivity index (χ3n) is 3.09. The predicted octanol–water partition coefficient (Wildman–Crippen LogP) is 1.98. The Labute approximate surface area is 127 Å². The number of carbonyl (C=O) groups excluding carboxylic acids is 1. The average Bonchev–Trinajstić information content (AvgIpc) is 2.49. The lowest BCUT2D eigenvalue weighted by atomic mass is 10.1. The molecule has 8 nitrogen and oxygen atoms in total. The number of nitro benzene ring substituents is 1. The number of unbranched alkanes of at least 4 members (excludes halogenated alkanes) is 1. The second kappa shape index (κ2) is 7.96. The van der Waals surface area contributed by atoms with Crippen LogP contribution in [-0.4, -0.2) is 35.1 Å². The third kappa shape index (κ3) is 4.44. The average molecular weight is 310 g/mol. The minimum absolute atomic E-state index is 0.230. The molecule has 1 amide bonds. The summed E-state index contributed by atoms with van der Waals surface area (Å²) in [6.07, 6.45) is 1.66. The number of carboxylic acids is 1. The molecule has 1 aromatic carbocycles. The van der Waals surface area contributed by atoms with Crippen LogP contribution in [0.1, 0.15) is 36.5 Å². The van der Waals surface area contributed by atoms with Crippen LogP contribution < -0.4 is 10.1 Å². The zero-order valence-electron chi connectivity index (χ0n) is 12.4. The van der Waals surface area contributed by atoms with Crippen molar-refractivity contribution in [2.45, 2.75) is 32.2 Å². The van der Waals surface area contributed by atoms with E-state index in [0.29, 0.717) is 6.42 Å². The van der Waals surface area contributed by atoms with Gasteiger partial charge in [0.25, 0.3) is 11.6 Å². The summed E-state index contributed by atoms with van der Waals surface area (Å²) in [6.45, 7) is 1.90. The Hall–Kier alpha value is -2.64. The number of methoxy groups -OCH3 is 1. The quantitative estimate of drug-likeness (QED) is 0.559. The van der Waals surface area contributed by atoms with Gasteiger partial charge in [-0.2, -0.15) is 0 Å². The van der Waals surface area contributed by atoms with E-state index in [1.165, 1.54) is 19.2 Å². The minimum Gasteiger partial charge on any atom is -0.497 e. The molecule has 0 aromatic heterocycles. The van der Waals surface area contributed by atoms with Gasteiger partial charge in [0.15, 0.2) is 0 Å². The molecule has 0 saturated carbocycles. The van der Waals surface area contributed by atoms with Crippen molar-refractivity contribution in [2.24, 2.45) is 0 Å². The summed E-state index contributed by atoms with van der Waals surface area (Å²) < 4.78 is 4.94. The first-order valence-corrected chi connectivity index (χ1v) is 6.76. The van der Waals surface area contributed by atoms with E-state index in [1.807, 2.05) is 6.92 Å². The fraction of sp³-hybridized carbons (Fsp3) is 0.429. The van der Waals surface area contributed by atoms with Crippen LogP contribution >= 0.6 is 0 Å². The van der Waals surface area contributed by atoms with Crippen LogP contribution in [0.5, 0.6) is 5.75 Å². The third-order valence-corrected chi connectivity index (χ3v) is 3.09. The zero-order valence-corrected chi connectivity index (χ0v) is 12.4. The lowest BCUT2D eigenvalue weighted by Gasteiger charge is -2.14. The van der Waals surface area contributed by atoms with Crippen molar-refractivity contribution in [1.82, 2.24) is 5.32 Å². The molecule has 1 aromatic rings. The van der Waals surface area contributed by atoms with Gasteiger partial charge in [0.05, 0.1) is 12.0 Å². The SMILES string of the molecule is CCCCC(NC(=O)c1cc(OC)ccc1[N+](=O)[O-])C(=O)O. The second-order valence-electron chi connectivity index (χ2n) is 4.65. The standard InChI is InChI=1S/C14H18N2O6/c1-3-4-5-11(14(18)19)15-13(17)10-8-9(22-2)6-7-12(10)16(20)21/h6-8,11H,3-5H2,1-2H3,(H,15,17)(H,18,19). The number of ether oxygens (including phenoxy) is 1. The fourth-order valence-electron chi connectivity index (χ4n) is 1.88. The van der Waals surface area contributed by atoms with Crippen molar-refractivity contribution in [3.63, 3.8) is 0 Å². The molecule has 0 aliphatic carbocycles. The van der Waals surface area contributed by atoms with Crippen LogP contribution in [-0.2, 0) is 4.79 Å². The first kappa shape index (κ1) is 17.4. The molecule has 0 fully saturated rings. The highest BCUT2D eigenvalue weighted by molar-refractivity contribution is 6.00. The number of hydrogen-bond donors (Lipinski definition) is 2. The van der Waals surface area contributed by atoms with Gasteiger partial charge in [-0.1, -0.05) is 19.8 Å². The highest BCUT2D eigenvalue weighted by Crippen LogP contribution is 2.24. The number of rotatable bonds is 8. The Morgan fingerprint density at radius 2 is 2.14 bits per heavy atom. The van der Waals surface area contributed by atoms with Gasteiger partial charge < -0.3 is 15.2 Å². The summed E-state index contributed by atoms with van der Waals surface area (Å²) >= 11 is 0. The van der Waals surface area contributed by atoms with Crippen molar-refractivity contribution in [1.29, 1.82) is 0 Å². The highest BCUT2D eigenvalue weighted by atomic mass is 16.6. The van der Waals surface area contributed by atoms with E-state index >= 15 is 0 Å². The maximum Gasteiger partial charge on any atom is 0.326 e. The van der Waals surface area contributed by atoms with Crippen LogP contribution in [0.3, 0.4) is 0 Å². The molecule has 0 aliphatic heterocycles. The Kier molecular flexibility index (Phi) is 6.30. The largest absolute Gasteiger partial charge is 0.497 e. The van der Waals surface area contributed by atoms with Crippen molar-refractivity contribution in [3.05, 3.63) is 33.9 Å². The first-order valence-electron chi connectivity index (χ1n) is 6.76. The number of carbonyl (C=O) groups is 2. The molecule has 0 bridgehead atoms. The van der Waals surface area contributed by atoms with E-state index < -0.39 is 28.5 Å².